The summed E-state index contributed by atoms with van der Waals surface area (Å²) in [6.45, 7) is 2.01. The molecular weight excluding hydrogens is 358 g/mol. The molecule has 0 aliphatic rings. The normalized spacial score (nSPS) is 10.5. The van der Waals surface area contributed by atoms with Gasteiger partial charge in [-0.3, -0.25) is 4.79 Å². The van der Waals surface area contributed by atoms with E-state index in [2.05, 4.69) is 10.4 Å². The molecule has 1 N–H and O–H groups in total. The molecule has 0 spiro atoms. The molecule has 0 fully saturated rings. The van der Waals surface area contributed by atoms with Crippen LogP contribution in [0.2, 0.25) is 0 Å². The molecule has 0 atom stereocenters. The number of amides is 1. The lowest BCUT2D eigenvalue weighted by atomic mass is 10.2. The van der Waals surface area contributed by atoms with E-state index in [0.717, 1.165) is 21.3 Å². The number of nitrogens with zero attached hydrogens (tertiary/aromatic N) is 2. The third kappa shape index (κ3) is 4.31. The second-order valence-electron chi connectivity index (χ2n) is 5.08. The first kappa shape index (κ1) is 16.9. The Labute approximate surface area is 153 Å². The molecule has 1 heterocycles. The highest BCUT2D eigenvalue weighted by molar-refractivity contribution is 8.01. The molecule has 3 rings (SSSR count). The summed E-state index contributed by atoms with van der Waals surface area (Å²) in [5, 5.41) is 7.36. The van der Waals surface area contributed by atoms with Crippen LogP contribution in [-0.4, -0.2) is 21.4 Å². The maximum absolute atomic E-state index is 12.0. The fraction of sp³-hybridized carbons (Fsp3) is 0.118. The molecular formula is C17H15N3OS3. The zero-order chi connectivity index (χ0) is 16.9. The van der Waals surface area contributed by atoms with Crippen molar-refractivity contribution in [2.24, 2.45) is 0 Å². The largest absolute Gasteiger partial charge is 0.325 e. The van der Waals surface area contributed by atoms with E-state index in [1.165, 1.54) is 23.1 Å². The summed E-state index contributed by atoms with van der Waals surface area (Å²) >= 11 is 8.15. The number of carbonyl (C=O) groups is 1. The number of aromatic nitrogens is 2. The lowest BCUT2D eigenvalue weighted by Crippen LogP contribution is -2.13. The quantitative estimate of drug-likeness (QED) is 0.520. The summed E-state index contributed by atoms with van der Waals surface area (Å²) in [6.07, 6.45) is 0. The van der Waals surface area contributed by atoms with Crippen LogP contribution in [0.4, 0.5) is 5.69 Å². The number of hydrogen-bond donors (Lipinski definition) is 1. The van der Waals surface area contributed by atoms with Crippen LogP contribution in [0.1, 0.15) is 5.56 Å². The van der Waals surface area contributed by atoms with Crippen LogP contribution in [0.15, 0.2) is 58.9 Å². The Morgan fingerprint density at radius 3 is 2.62 bits per heavy atom. The minimum atomic E-state index is -0.0590. The van der Waals surface area contributed by atoms with Crippen molar-refractivity contribution in [3.63, 3.8) is 0 Å². The van der Waals surface area contributed by atoms with Gasteiger partial charge in [-0.15, -0.1) is 5.10 Å². The molecule has 0 aliphatic heterocycles. The molecule has 7 heteroatoms. The van der Waals surface area contributed by atoms with Crippen molar-refractivity contribution in [2.45, 2.75) is 11.3 Å². The van der Waals surface area contributed by atoms with Crippen molar-refractivity contribution in [2.75, 3.05) is 11.1 Å². The summed E-state index contributed by atoms with van der Waals surface area (Å²) < 4.78 is 3.17. The monoisotopic (exact) mass is 373 g/mol. The number of anilines is 1. The van der Waals surface area contributed by atoms with Crippen molar-refractivity contribution in [1.82, 2.24) is 9.78 Å². The SMILES string of the molecule is Cc1ccc(NC(=O)CSc2nn(-c3ccccc3)c(=S)s2)cc1. The third-order valence-corrected chi connectivity index (χ3v) is 5.56. The summed E-state index contributed by atoms with van der Waals surface area (Å²) in [7, 11) is 0. The molecule has 122 valence electrons. The number of benzene rings is 2. The molecule has 3 aromatic rings. The van der Waals surface area contributed by atoms with Gasteiger partial charge in [-0.25, -0.2) is 4.68 Å². The highest BCUT2D eigenvalue weighted by Gasteiger charge is 2.09. The van der Waals surface area contributed by atoms with Crippen molar-refractivity contribution in [3.05, 3.63) is 64.1 Å². The fourth-order valence-electron chi connectivity index (χ4n) is 2.01. The standard InChI is InChI=1S/C17H15N3OS3/c1-12-7-9-13(10-8-12)18-15(21)11-23-16-19-20(17(22)24-16)14-5-3-2-4-6-14/h2-10H,11H2,1H3,(H,18,21). The van der Waals surface area contributed by atoms with Gasteiger partial charge < -0.3 is 5.32 Å². The highest BCUT2D eigenvalue weighted by Crippen LogP contribution is 2.24. The predicted octanol–water partition coefficient (Wildman–Crippen LogP) is 4.70. The Kier molecular flexibility index (Phi) is 5.44. The van der Waals surface area contributed by atoms with Crippen molar-refractivity contribution < 1.29 is 4.79 Å². The lowest BCUT2D eigenvalue weighted by Gasteiger charge is -2.04. The number of rotatable bonds is 5. The van der Waals surface area contributed by atoms with Gasteiger partial charge in [0.1, 0.15) is 0 Å². The summed E-state index contributed by atoms with van der Waals surface area (Å²) in [4.78, 5) is 12.0. The molecule has 24 heavy (non-hydrogen) atoms. The molecule has 4 nitrogen and oxygen atoms in total. The first-order chi connectivity index (χ1) is 11.6. The molecule has 0 aliphatic carbocycles. The van der Waals surface area contributed by atoms with E-state index < -0.39 is 0 Å². The number of carbonyl (C=O) groups excluding carboxylic acids is 1. The van der Waals surface area contributed by atoms with E-state index >= 15 is 0 Å². The maximum atomic E-state index is 12.0. The summed E-state index contributed by atoms with van der Waals surface area (Å²) in [6, 6.07) is 17.5. The topological polar surface area (TPSA) is 46.9 Å². The van der Waals surface area contributed by atoms with Gasteiger partial charge in [0.15, 0.2) is 8.29 Å². The molecule has 0 unspecified atom stereocenters. The van der Waals surface area contributed by atoms with Gasteiger partial charge in [0.2, 0.25) is 5.91 Å². The van der Waals surface area contributed by atoms with Gasteiger partial charge in [-0.05, 0) is 43.4 Å². The number of hydrogen-bond acceptors (Lipinski definition) is 5. The zero-order valence-electron chi connectivity index (χ0n) is 12.9. The molecule has 0 bridgehead atoms. The Bertz CT molecular complexity index is 885. The van der Waals surface area contributed by atoms with Crippen LogP contribution in [0, 0.1) is 10.9 Å². The minimum Gasteiger partial charge on any atom is -0.325 e. The van der Waals surface area contributed by atoms with E-state index in [1.54, 1.807) is 4.68 Å². The van der Waals surface area contributed by atoms with Crippen molar-refractivity contribution >= 4 is 46.9 Å². The van der Waals surface area contributed by atoms with Crippen LogP contribution in [0.25, 0.3) is 5.69 Å². The highest BCUT2D eigenvalue weighted by atomic mass is 32.2. The van der Waals surface area contributed by atoms with Crippen LogP contribution in [-0.2, 0) is 4.79 Å². The van der Waals surface area contributed by atoms with E-state index in [9.17, 15) is 4.79 Å². The van der Waals surface area contributed by atoms with E-state index in [1.807, 2.05) is 61.5 Å². The van der Waals surface area contributed by atoms with Gasteiger partial charge in [-0.1, -0.05) is 59.0 Å². The molecule has 1 aromatic heterocycles. The molecule has 0 saturated carbocycles. The Morgan fingerprint density at radius 2 is 1.92 bits per heavy atom. The summed E-state index contributed by atoms with van der Waals surface area (Å²) in [5.41, 5.74) is 2.89. The zero-order valence-corrected chi connectivity index (χ0v) is 15.4. The van der Waals surface area contributed by atoms with Gasteiger partial charge in [0.05, 0.1) is 11.4 Å². The Hall–Kier alpha value is -1.96. The second-order valence-corrected chi connectivity index (χ2v) is 7.93. The molecule has 0 saturated heterocycles. The minimum absolute atomic E-state index is 0.0590. The van der Waals surface area contributed by atoms with Gasteiger partial charge in [0.25, 0.3) is 0 Å². The van der Waals surface area contributed by atoms with E-state index in [4.69, 9.17) is 12.2 Å². The average molecular weight is 374 g/mol. The molecule has 0 radical (unpaired) electrons. The Balaban J connectivity index is 1.62. The number of nitrogens with one attached hydrogen (secondary N) is 1. The molecule has 1 amide bonds. The van der Waals surface area contributed by atoms with Crippen LogP contribution in [0.5, 0.6) is 0 Å². The first-order valence-electron chi connectivity index (χ1n) is 7.27. The van der Waals surface area contributed by atoms with Crippen molar-refractivity contribution in [3.8, 4) is 5.69 Å². The number of para-hydroxylation sites is 1. The summed E-state index contributed by atoms with van der Waals surface area (Å²) in [5.74, 6) is 0.238. The molecule has 2 aromatic carbocycles. The van der Waals surface area contributed by atoms with E-state index in [0.29, 0.717) is 9.71 Å². The predicted molar refractivity (Wildman–Crippen MR) is 103 cm³/mol. The van der Waals surface area contributed by atoms with Crippen molar-refractivity contribution in [1.29, 1.82) is 0 Å². The lowest BCUT2D eigenvalue weighted by molar-refractivity contribution is -0.113. The van der Waals surface area contributed by atoms with Crippen LogP contribution in [0.3, 0.4) is 0 Å². The second kappa shape index (κ2) is 7.74. The maximum Gasteiger partial charge on any atom is 0.234 e. The first-order valence-corrected chi connectivity index (χ1v) is 9.48. The number of aryl methyl sites for hydroxylation is 1. The number of thioether (sulfide) groups is 1. The average Bonchev–Trinajstić information content (AvgIpc) is 2.97. The van der Waals surface area contributed by atoms with Gasteiger partial charge in [-0.2, -0.15) is 0 Å². The fourth-order valence-corrected chi connectivity index (χ4v) is 4.17. The van der Waals surface area contributed by atoms with Gasteiger partial charge in [0, 0.05) is 5.69 Å². The Morgan fingerprint density at radius 1 is 1.21 bits per heavy atom. The van der Waals surface area contributed by atoms with Crippen LogP contribution < -0.4 is 5.32 Å². The smallest absolute Gasteiger partial charge is 0.234 e. The third-order valence-electron chi connectivity index (χ3n) is 3.19. The van der Waals surface area contributed by atoms with E-state index in [-0.39, 0.29) is 5.91 Å². The van der Waals surface area contributed by atoms with Gasteiger partial charge >= 0.3 is 0 Å². The van der Waals surface area contributed by atoms with Crippen LogP contribution >= 0.6 is 35.3 Å².